The third kappa shape index (κ3) is 4.97. The number of allylic oxidation sites excluding steroid dienone is 1. The smallest absolute Gasteiger partial charge is 0.371 e. The third-order valence-corrected chi connectivity index (χ3v) is 6.38. The van der Waals surface area contributed by atoms with Crippen molar-refractivity contribution in [1.29, 1.82) is 0 Å². The van der Waals surface area contributed by atoms with Gasteiger partial charge in [-0.05, 0) is 49.0 Å². The molecule has 0 aliphatic heterocycles. The van der Waals surface area contributed by atoms with Crippen molar-refractivity contribution < 1.29 is 19.1 Å². The first-order valence-corrected chi connectivity index (χ1v) is 11.8. The fourth-order valence-electron chi connectivity index (χ4n) is 4.77. The highest BCUT2D eigenvalue weighted by atomic mass is 16.6. The van der Waals surface area contributed by atoms with E-state index in [9.17, 15) is 4.79 Å². The topological polar surface area (TPSA) is 75.5 Å². The summed E-state index contributed by atoms with van der Waals surface area (Å²) in [5.74, 6) is 0.0756. The zero-order valence-corrected chi connectivity index (χ0v) is 18.4. The number of nitrogens with one attached hydrogen (secondary N) is 1. The van der Waals surface area contributed by atoms with Crippen molar-refractivity contribution >= 4 is 17.8 Å². The lowest BCUT2D eigenvalue weighted by Crippen LogP contribution is -2.22. The van der Waals surface area contributed by atoms with Crippen LogP contribution < -0.4 is 15.4 Å². The number of ether oxygens (including phenoxy) is 1. The van der Waals surface area contributed by atoms with Crippen molar-refractivity contribution in [3.05, 3.63) is 51.9 Å². The Morgan fingerprint density at radius 2 is 2.00 bits per heavy atom. The van der Waals surface area contributed by atoms with Gasteiger partial charge >= 0.3 is 5.97 Å². The number of H-pyrrole nitrogens is 1. The number of hydrogen-bond acceptors (Lipinski definition) is 3. The summed E-state index contributed by atoms with van der Waals surface area (Å²) in [7, 11) is 0. The number of fused-ring (bicyclic) bond motifs is 3. The molecule has 2 aliphatic rings. The molecule has 4 rings (SSSR count). The number of hydrogen-bond donors (Lipinski definition) is 2. The van der Waals surface area contributed by atoms with Crippen LogP contribution in [0.2, 0.25) is 0 Å². The maximum Gasteiger partial charge on any atom is 0.371 e. The normalized spacial score (nSPS) is 17.2. The van der Waals surface area contributed by atoms with E-state index in [0.29, 0.717) is 11.7 Å². The predicted octanol–water partition coefficient (Wildman–Crippen LogP) is 5.40. The van der Waals surface area contributed by atoms with Crippen molar-refractivity contribution in [1.82, 2.24) is 4.98 Å². The summed E-state index contributed by atoms with van der Waals surface area (Å²) in [6, 6.07) is 2.98. The molecule has 2 heterocycles. The van der Waals surface area contributed by atoms with Gasteiger partial charge in [0.15, 0.2) is 5.76 Å². The van der Waals surface area contributed by atoms with E-state index in [0.717, 1.165) is 24.6 Å². The molecule has 0 saturated heterocycles. The Hall–Kier alpha value is -2.69. The molecule has 0 aromatic carbocycles. The van der Waals surface area contributed by atoms with Crippen LogP contribution in [-0.4, -0.2) is 16.1 Å². The number of carbonyl (C=O) groups is 1. The monoisotopic (exact) mass is 423 g/mol. The Kier molecular flexibility index (Phi) is 7.00. The lowest BCUT2D eigenvalue weighted by atomic mass is 9.86. The van der Waals surface area contributed by atoms with Crippen molar-refractivity contribution in [3.8, 4) is 5.95 Å². The fourth-order valence-corrected chi connectivity index (χ4v) is 4.77. The Bertz CT molecular complexity index is 1060. The van der Waals surface area contributed by atoms with E-state index in [1.54, 1.807) is 6.07 Å². The van der Waals surface area contributed by atoms with Crippen molar-refractivity contribution in [2.24, 2.45) is 0 Å². The van der Waals surface area contributed by atoms with Crippen LogP contribution in [0.4, 0.5) is 0 Å². The van der Waals surface area contributed by atoms with E-state index in [1.807, 2.05) is 6.08 Å². The molecule has 5 nitrogen and oxygen atoms in total. The molecule has 0 radical (unpaired) electrons. The van der Waals surface area contributed by atoms with Crippen LogP contribution in [0, 0.1) is 0 Å². The molecule has 2 aliphatic carbocycles. The molecular weight excluding hydrogens is 390 g/mol. The number of rotatable bonds is 11. The molecule has 1 unspecified atom stereocenters. The zero-order chi connectivity index (χ0) is 21.6. The van der Waals surface area contributed by atoms with E-state index >= 15 is 0 Å². The average molecular weight is 424 g/mol. The summed E-state index contributed by atoms with van der Waals surface area (Å²) in [5, 5.41) is 11.3. The molecule has 0 spiro atoms. The van der Waals surface area contributed by atoms with Crippen LogP contribution in [0.5, 0.6) is 5.95 Å². The third-order valence-electron chi connectivity index (χ3n) is 6.38. The highest BCUT2D eigenvalue weighted by Gasteiger charge is 2.24. The molecule has 166 valence electrons. The van der Waals surface area contributed by atoms with Crippen LogP contribution in [0.25, 0.3) is 11.8 Å². The maximum absolute atomic E-state index is 11.1. The van der Waals surface area contributed by atoms with Crippen LogP contribution in [0.3, 0.4) is 0 Å². The van der Waals surface area contributed by atoms with Gasteiger partial charge in [0, 0.05) is 17.3 Å². The number of unbranched alkanes of at least 4 members (excludes halogenated alkanes) is 6. The van der Waals surface area contributed by atoms with Gasteiger partial charge in [-0.1, -0.05) is 64.0 Å². The molecule has 2 N–H and O–H groups in total. The first kappa shape index (κ1) is 21.5. The van der Waals surface area contributed by atoms with Gasteiger partial charge in [0.25, 0.3) is 5.95 Å². The van der Waals surface area contributed by atoms with Crippen LogP contribution in [0.15, 0.2) is 28.7 Å². The molecular formula is C26H33NO4. The van der Waals surface area contributed by atoms with Gasteiger partial charge < -0.3 is 19.2 Å². The molecule has 1 atom stereocenters. The van der Waals surface area contributed by atoms with Gasteiger partial charge in [0.1, 0.15) is 0 Å². The SMILES string of the molecule is CCCCCCCCCC1C=CC(Oc2ccc(C(=O)O)o2)=c2[nH]c3c(c21)CCCC=3. The second-order valence-electron chi connectivity index (χ2n) is 8.67. The fraction of sp³-hybridized carbons (Fsp3) is 0.500. The Balaban J connectivity index is 1.52. The van der Waals surface area contributed by atoms with Crippen molar-refractivity contribution in [2.75, 3.05) is 0 Å². The molecule has 0 saturated carbocycles. The second kappa shape index (κ2) is 10.1. The van der Waals surface area contributed by atoms with Gasteiger partial charge in [-0.2, -0.15) is 0 Å². The first-order chi connectivity index (χ1) is 15.2. The average Bonchev–Trinajstić information content (AvgIpc) is 3.39. The molecule has 2 aromatic rings. The summed E-state index contributed by atoms with van der Waals surface area (Å²) in [6.07, 6.45) is 20.3. The number of furan rings is 1. The molecule has 31 heavy (non-hydrogen) atoms. The standard InChI is InChI=1S/C26H33NO4/c1-2-3-4-5-6-7-8-11-18-14-15-21(30-23-17-16-22(31-23)26(28)29)25-24(18)19-12-9-10-13-20(19)27-25/h13-18,27H,2-12H2,1H3,(H,28,29). The van der Waals surface area contributed by atoms with Crippen LogP contribution in [-0.2, 0) is 6.42 Å². The summed E-state index contributed by atoms with van der Waals surface area (Å²) in [6.45, 7) is 2.26. The van der Waals surface area contributed by atoms with E-state index in [1.165, 1.54) is 73.9 Å². The minimum Gasteiger partial charge on any atom is -0.475 e. The number of aromatic nitrogens is 1. The van der Waals surface area contributed by atoms with E-state index in [2.05, 4.69) is 24.1 Å². The highest BCUT2D eigenvalue weighted by molar-refractivity contribution is 5.84. The largest absolute Gasteiger partial charge is 0.475 e. The lowest BCUT2D eigenvalue weighted by molar-refractivity contribution is 0.0657. The quantitative estimate of drug-likeness (QED) is 0.474. The summed E-state index contributed by atoms with van der Waals surface area (Å²) < 4.78 is 11.3. The Morgan fingerprint density at radius 1 is 1.19 bits per heavy atom. The summed E-state index contributed by atoms with van der Waals surface area (Å²) in [4.78, 5) is 14.7. The van der Waals surface area contributed by atoms with Gasteiger partial charge in [0.05, 0.1) is 5.35 Å². The highest BCUT2D eigenvalue weighted by Crippen LogP contribution is 2.30. The molecule has 0 amide bonds. The van der Waals surface area contributed by atoms with Gasteiger partial charge in [-0.15, -0.1) is 0 Å². The van der Waals surface area contributed by atoms with Crippen molar-refractivity contribution in [3.63, 3.8) is 0 Å². The van der Waals surface area contributed by atoms with Crippen LogP contribution >= 0.6 is 0 Å². The van der Waals surface area contributed by atoms with E-state index in [-0.39, 0.29) is 11.7 Å². The zero-order valence-electron chi connectivity index (χ0n) is 18.4. The summed E-state index contributed by atoms with van der Waals surface area (Å²) >= 11 is 0. The minimum atomic E-state index is -1.10. The lowest BCUT2D eigenvalue weighted by Gasteiger charge is -2.19. The Morgan fingerprint density at radius 3 is 2.77 bits per heavy atom. The number of aromatic carboxylic acids is 1. The molecule has 5 heteroatoms. The molecule has 0 fully saturated rings. The number of carboxylic acids is 1. The van der Waals surface area contributed by atoms with E-state index < -0.39 is 5.97 Å². The number of carboxylic acid groups (broad SMARTS) is 1. The summed E-state index contributed by atoms with van der Waals surface area (Å²) in [5.41, 5.74) is 2.78. The maximum atomic E-state index is 11.1. The van der Waals surface area contributed by atoms with E-state index in [4.69, 9.17) is 14.3 Å². The predicted molar refractivity (Wildman–Crippen MR) is 122 cm³/mol. The van der Waals surface area contributed by atoms with Gasteiger partial charge in [-0.3, -0.25) is 0 Å². The first-order valence-electron chi connectivity index (χ1n) is 11.8. The van der Waals surface area contributed by atoms with Gasteiger partial charge in [-0.25, -0.2) is 4.79 Å². The van der Waals surface area contributed by atoms with Crippen molar-refractivity contribution in [2.45, 2.75) is 83.5 Å². The molecule has 2 aromatic heterocycles. The Labute approximate surface area is 183 Å². The minimum absolute atomic E-state index is 0.119. The van der Waals surface area contributed by atoms with Gasteiger partial charge in [0.2, 0.25) is 5.76 Å². The molecule has 0 bridgehead atoms. The van der Waals surface area contributed by atoms with Crippen LogP contribution in [0.1, 0.15) is 98.7 Å². The number of aromatic amines is 1. The second-order valence-corrected chi connectivity index (χ2v) is 8.67.